The van der Waals surface area contributed by atoms with Gasteiger partial charge in [-0.3, -0.25) is 4.79 Å². The smallest absolute Gasteiger partial charge is 0.315 e. The predicted molar refractivity (Wildman–Crippen MR) is 91.3 cm³/mol. The predicted octanol–water partition coefficient (Wildman–Crippen LogP) is 3.76. The van der Waals surface area contributed by atoms with Crippen LogP contribution in [0.5, 0.6) is 0 Å². The second-order valence-electron chi connectivity index (χ2n) is 5.34. The highest BCUT2D eigenvalue weighted by Crippen LogP contribution is 2.22. The van der Waals surface area contributed by atoms with E-state index in [9.17, 15) is 22.8 Å². The van der Waals surface area contributed by atoms with Gasteiger partial charge >= 0.3 is 6.03 Å². The van der Waals surface area contributed by atoms with Gasteiger partial charge in [-0.25, -0.2) is 18.0 Å². The van der Waals surface area contributed by atoms with E-state index in [4.69, 9.17) is 11.6 Å². The van der Waals surface area contributed by atoms with E-state index in [1.807, 2.05) is 5.32 Å². The minimum absolute atomic E-state index is 0.421. The van der Waals surface area contributed by atoms with Crippen molar-refractivity contribution >= 4 is 29.2 Å². The van der Waals surface area contributed by atoms with Gasteiger partial charge in [-0.05, 0) is 30.7 Å². The Morgan fingerprint density at radius 2 is 1.77 bits per heavy atom. The van der Waals surface area contributed by atoms with Crippen molar-refractivity contribution in [3.8, 4) is 0 Å². The third kappa shape index (κ3) is 4.89. The van der Waals surface area contributed by atoms with Gasteiger partial charge in [-0.15, -0.1) is 0 Å². The summed E-state index contributed by atoms with van der Waals surface area (Å²) in [7, 11) is 0. The highest BCUT2D eigenvalue weighted by molar-refractivity contribution is 6.31. The molecule has 1 unspecified atom stereocenters. The lowest BCUT2D eigenvalue weighted by molar-refractivity contribution is -0.115. The molecule has 0 aromatic heterocycles. The number of carbonyl (C=O) groups is 2. The molecule has 3 amide bonds. The molecule has 5 nitrogen and oxygen atoms in total. The average molecular weight is 386 g/mol. The maximum absolute atomic E-state index is 13.5. The average Bonchev–Trinajstić information content (AvgIpc) is 2.61. The zero-order valence-corrected chi connectivity index (χ0v) is 14.3. The highest BCUT2D eigenvalue weighted by Gasteiger charge is 2.16. The molecular formula is C17H15ClF3N3O2. The Hall–Kier alpha value is -2.74. The molecule has 2 aromatic rings. The number of halogens is 4. The topological polar surface area (TPSA) is 70.2 Å². The third-order valence-electron chi connectivity index (χ3n) is 3.44. The van der Waals surface area contributed by atoms with Crippen LogP contribution in [0.25, 0.3) is 0 Å². The van der Waals surface area contributed by atoms with Crippen LogP contribution in [0.3, 0.4) is 0 Å². The van der Waals surface area contributed by atoms with E-state index < -0.39 is 47.7 Å². The van der Waals surface area contributed by atoms with E-state index in [0.717, 1.165) is 6.07 Å². The van der Waals surface area contributed by atoms with Crippen molar-refractivity contribution in [3.63, 3.8) is 0 Å². The monoisotopic (exact) mass is 385 g/mol. The third-order valence-corrected chi connectivity index (χ3v) is 3.78. The molecule has 0 radical (unpaired) electrons. The summed E-state index contributed by atoms with van der Waals surface area (Å²) in [4.78, 5) is 23.5. The molecule has 0 aliphatic rings. The SMILES string of the molecule is CC(NC(=O)NCC(=O)Nc1ccc(F)c(F)c1F)c1ccccc1Cl. The molecule has 138 valence electrons. The minimum Gasteiger partial charge on any atom is -0.332 e. The van der Waals surface area contributed by atoms with Crippen LogP contribution in [-0.2, 0) is 4.79 Å². The summed E-state index contributed by atoms with van der Waals surface area (Å²) < 4.78 is 39.4. The fourth-order valence-corrected chi connectivity index (χ4v) is 2.43. The van der Waals surface area contributed by atoms with Gasteiger partial charge in [0.25, 0.3) is 0 Å². The molecule has 26 heavy (non-hydrogen) atoms. The van der Waals surface area contributed by atoms with E-state index in [1.54, 1.807) is 31.2 Å². The molecule has 9 heteroatoms. The lowest BCUT2D eigenvalue weighted by atomic mass is 10.1. The molecular weight excluding hydrogens is 371 g/mol. The van der Waals surface area contributed by atoms with Crippen LogP contribution in [0, 0.1) is 17.5 Å². The van der Waals surface area contributed by atoms with E-state index >= 15 is 0 Å². The zero-order valence-electron chi connectivity index (χ0n) is 13.6. The molecule has 0 saturated heterocycles. The summed E-state index contributed by atoms with van der Waals surface area (Å²) in [5, 5.41) is 7.38. The molecule has 0 heterocycles. The Bertz CT molecular complexity index is 833. The first-order valence-electron chi connectivity index (χ1n) is 7.51. The van der Waals surface area contributed by atoms with Gasteiger partial charge in [0.1, 0.15) is 0 Å². The van der Waals surface area contributed by atoms with Gasteiger partial charge in [0.05, 0.1) is 18.3 Å². The van der Waals surface area contributed by atoms with Crippen molar-refractivity contribution in [2.75, 3.05) is 11.9 Å². The van der Waals surface area contributed by atoms with Crippen LogP contribution in [-0.4, -0.2) is 18.5 Å². The van der Waals surface area contributed by atoms with Gasteiger partial charge in [0, 0.05) is 5.02 Å². The second kappa shape index (κ2) is 8.57. The molecule has 1 atom stereocenters. The van der Waals surface area contributed by atoms with E-state index in [0.29, 0.717) is 16.7 Å². The maximum atomic E-state index is 13.5. The molecule has 2 rings (SSSR count). The summed E-state index contributed by atoms with van der Waals surface area (Å²) in [6, 6.07) is 7.42. The summed E-state index contributed by atoms with van der Waals surface area (Å²) in [5.41, 5.74) is 0.165. The first-order chi connectivity index (χ1) is 12.3. The Balaban J connectivity index is 1.86. The molecule has 0 aliphatic heterocycles. The Labute approximate surface area is 152 Å². The number of nitrogens with one attached hydrogen (secondary N) is 3. The van der Waals surface area contributed by atoms with Crippen LogP contribution in [0.2, 0.25) is 5.02 Å². The van der Waals surface area contributed by atoms with Crippen LogP contribution in [0.1, 0.15) is 18.5 Å². The molecule has 2 aromatic carbocycles. The molecule has 0 fully saturated rings. The van der Waals surface area contributed by atoms with Crippen molar-refractivity contribution in [1.82, 2.24) is 10.6 Å². The number of carbonyl (C=O) groups excluding carboxylic acids is 2. The Morgan fingerprint density at radius 1 is 1.08 bits per heavy atom. The number of hydrogen-bond acceptors (Lipinski definition) is 2. The number of urea groups is 1. The van der Waals surface area contributed by atoms with Gasteiger partial charge in [-0.1, -0.05) is 29.8 Å². The summed E-state index contributed by atoms with van der Waals surface area (Å²) >= 11 is 6.03. The standard InChI is InChI=1S/C17H15ClF3N3O2/c1-9(10-4-2-3-5-11(10)18)23-17(26)22-8-14(25)24-13-7-6-12(19)15(20)16(13)21/h2-7,9H,8H2,1H3,(H,24,25)(H2,22,23,26). The van der Waals surface area contributed by atoms with Crippen LogP contribution in [0.15, 0.2) is 36.4 Å². The lowest BCUT2D eigenvalue weighted by Gasteiger charge is -2.16. The highest BCUT2D eigenvalue weighted by atomic mass is 35.5. The van der Waals surface area contributed by atoms with E-state index in [-0.39, 0.29) is 0 Å². The zero-order chi connectivity index (χ0) is 19.3. The van der Waals surface area contributed by atoms with E-state index in [2.05, 4.69) is 10.6 Å². The Kier molecular flexibility index (Phi) is 6.46. The van der Waals surface area contributed by atoms with Crippen LogP contribution < -0.4 is 16.0 Å². The number of rotatable bonds is 5. The van der Waals surface area contributed by atoms with E-state index in [1.165, 1.54) is 0 Å². The van der Waals surface area contributed by atoms with Gasteiger partial charge < -0.3 is 16.0 Å². The van der Waals surface area contributed by atoms with Crippen molar-refractivity contribution in [1.29, 1.82) is 0 Å². The molecule has 0 aliphatic carbocycles. The van der Waals surface area contributed by atoms with Crippen LogP contribution >= 0.6 is 11.6 Å². The number of hydrogen-bond donors (Lipinski definition) is 3. The number of amides is 3. The van der Waals surface area contributed by atoms with Crippen molar-refractivity contribution in [3.05, 3.63) is 64.4 Å². The Morgan fingerprint density at radius 3 is 2.46 bits per heavy atom. The maximum Gasteiger partial charge on any atom is 0.315 e. The molecule has 0 spiro atoms. The number of benzene rings is 2. The van der Waals surface area contributed by atoms with Crippen molar-refractivity contribution in [2.45, 2.75) is 13.0 Å². The van der Waals surface area contributed by atoms with Crippen molar-refractivity contribution in [2.24, 2.45) is 0 Å². The summed E-state index contributed by atoms with van der Waals surface area (Å²) in [5.74, 6) is -5.39. The molecule has 0 bridgehead atoms. The largest absolute Gasteiger partial charge is 0.332 e. The normalized spacial score (nSPS) is 11.6. The second-order valence-corrected chi connectivity index (χ2v) is 5.75. The van der Waals surface area contributed by atoms with Gasteiger partial charge in [0.15, 0.2) is 17.5 Å². The lowest BCUT2D eigenvalue weighted by Crippen LogP contribution is -2.41. The minimum atomic E-state index is -1.69. The summed E-state index contributed by atoms with van der Waals surface area (Å²) in [6.07, 6.45) is 0. The fourth-order valence-electron chi connectivity index (χ4n) is 2.13. The molecule has 3 N–H and O–H groups in total. The quantitative estimate of drug-likeness (QED) is 0.686. The van der Waals surface area contributed by atoms with Crippen LogP contribution in [0.4, 0.5) is 23.7 Å². The first kappa shape index (κ1) is 19.6. The fraction of sp³-hybridized carbons (Fsp3) is 0.176. The number of anilines is 1. The first-order valence-corrected chi connectivity index (χ1v) is 7.89. The molecule has 0 saturated carbocycles. The summed E-state index contributed by atoms with van der Waals surface area (Å²) in [6.45, 7) is 1.21. The van der Waals surface area contributed by atoms with Gasteiger partial charge in [0.2, 0.25) is 5.91 Å². The van der Waals surface area contributed by atoms with Gasteiger partial charge in [-0.2, -0.15) is 0 Å². The van der Waals surface area contributed by atoms with Crippen molar-refractivity contribution < 1.29 is 22.8 Å².